The molecule has 0 amide bonds. The van der Waals surface area contributed by atoms with Crippen LogP contribution in [0.2, 0.25) is 0 Å². The smallest absolute Gasteiger partial charge is 0.123 e. The Kier molecular flexibility index (Phi) is 4.53. The molecule has 100 valence electrons. The van der Waals surface area contributed by atoms with E-state index >= 15 is 0 Å². The molecule has 1 aromatic carbocycles. The van der Waals surface area contributed by atoms with Crippen LogP contribution >= 0.6 is 0 Å². The summed E-state index contributed by atoms with van der Waals surface area (Å²) < 4.78 is 0. The van der Waals surface area contributed by atoms with E-state index in [1.807, 2.05) is 24.4 Å². The van der Waals surface area contributed by atoms with Gasteiger partial charge in [-0.2, -0.15) is 0 Å². The topological polar surface area (TPSA) is 42.1 Å². The number of hydrogen-bond acceptors (Lipinski definition) is 3. The van der Waals surface area contributed by atoms with Gasteiger partial charge < -0.3 is 5.73 Å². The van der Waals surface area contributed by atoms with Gasteiger partial charge in [0.05, 0.1) is 0 Å². The van der Waals surface area contributed by atoms with Crippen molar-refractivity contribution in [3.63, 3.8) is 0 Å². The molecule has 0 spiro atoms. The monoisotopic (exact) mass is 255 g/mol. The zero-order chi connectivity index (χ0) is 13.7. The van der Waals surface area contributed by atoms with Crippen LogP contribution in [0.15, 0.2) is 48.7 Å². The van der Waals surface area contributed by atoms with E-state index in [1.165, 1.54) is 11.1 Å². The number of nitrogen functional groups attached to an aromatic ring is 1. The highest BCUT2D eigenvalue weighted by Crippen LogP contribution is 2.13. The summed E-state index contributed by atoms with van der Waals surface area (Å²) in [7, 11) is 0. The van der Waals surface area contributed by atoms with Gasteiger partial charge in [-0.3, -0.25) is 4.90 Å². The van der Waals surface area contributed by atoms with Crippen LogP contribution in [0.5, 0.6) is 0 Å². The first kappa shape index (κ1) is 13.6. The molecule has 0 aliphatic carbocycles. The van der Waals surface area contributed by atoms with Crippen molar-refractivity contribution in [3.05, 3.63) is 59.8 Å². The summed E-state index contributed by atoms with van der Waals surface area (Å²) >= 11 is 0. The van der Waals surface area contributed by atoms with Crippen molar-refractivity contribution in [2.24, 2.45) is 0 Å². The Morgan fingerprint density at radius 1 is 1.00 bits per heavy atom. The van der Waals surface area contributed by atoms with Crippen LogP contribution in [0.1, 0.15) is 25.0 Å². The lowest BCUT2D eigenvalue weighted by atomic mass is 10.1. The quantitative estimate of drug-likeness (QED) is 0.892. The summed E-state index contributed by atoms with van der Waals surface area (Å²) in [5.74, 6) is 0.572. The normalized spacial score (nSPS) is 11.2. The van der Waals surface area contributed by atoms with Crippen molar-refractivity contribution in [1.82, 2.24) is 9.88 Å². The lowest BCUT2D eigenvalue weighted by Gasteiger charge is -2.26. The van der Waals surface area contributed by atoms with Gasteiger partial charge in [0.2, 0.25) is 0 Å². The van der Waals surface area contributed by atoms with Gasteiger partial charge in [-0.05, 0) is 31.0 Å². The Morgan fingerprint density at radius 3 is 2.26 bits per heavy atom. The second kappa shape index (κ2) is 6.34. The molecule has 0 aliphatic rings. The second-order valence-electron chi connectivity index (χ2n) is 5.08. The fraction of sp³-hybridized carbons (Fsp3) is 0.312. The van der Waals surface area contributed by atoms with Crippen molar-refractivity contribution in [1.29, 1.82) is 0 Å². The van der Waals surface area contributed by atoms with Crippen LogP contribution in [0.3, 0.4) is 0 Å². The van der Waals surface area contributed by atoms with Crippen LogP contribution in [0, 0.1) is 0 Å². The highest BCUT2D eigenvalue weighted by atomic mass is 15.1. The minimum atomic E-state index is 0.484. The number of nitrogens with two attached hydrogens (primary N) is 1. The minimum Gasteiger partial charge on any atom is -0.384 e. The van der Waals surface area contributed by atoms with Gasteiger partial charge in [0.15, 0.2) is 0 Å². The summed E-state index contributed by atoms with van der Waals surface area (Å²) in [6.07, 6.45) is 1.86. The van der Waals surface area contributed by atoms with E-state index in [2.05, 4.69) is 48.0 Å². The molecule has 0 saturated carbocycles. The van der Waals surface area contributed by atoms with E-state index in [0.717, 1.165) is 13.1 Å². The molecule has 2 rings (SSSR count). The lowest BCUT2D eigenvalue weighted by molar-refractivity contribution is 0.203. The molecule has 1 aromatic heterocycles. The Bertz CT molecular complexity index is 491. The first-order valence-electron chi connectivity index (χ1n) is 6.63. The molecule has 19 heavy (non-hydrogen) atoms. The third-order valence-electron chi connectivity index (χ3n) is 3.19. The fourth-order valence-corrected chi connectivity index (χ4v) is 2.00. The van der Waals surface area contributed by atoms with Crippen molar-refractivity contribution in [2.45, 2.75) is 33.0 Å². The maximum Gasteiger partial charge on any atom is 0.123 e. The number of aromatic nitrogens is 1. The largest absolute Gasteiger partial charge is 0.384 e. The Morgan fingerprint density at radius 2 is 1.68 bits per heavy atom. The molecule has 0 bridgehead atoms. The standard InChI is InChI=1S/C16H21N3/c1-13(2)19(11-14-6-4-3-5-7-14)12-15-8-9-16(17)18-10-15/h3-10,13H,11-12H2,1-2H3,(H2,17,18). The second-order valence-corrected chi connectivity index (χ2v) is 5.08. The number of pyridine rings is 1. The molecule has 3 heteroatoms. The zero-order valence-electron chi connectivity index (χ0n) is 11.6. The van der Waals surface area contributed by atoms with Crippen LogP contribution in [-0.2, 0) is 13.1 Å². The Balaban J connectivity index is 2.06. The van der Waals surface area contributed by atoms with E-state index in [-0.39, 0.29) is 0 Å². The molecule has 0 fully saturated rings. The summed E-state index contributed by atoms with van der Waals surface area (Å²) in [5, 5.41) is 0. The highest BCUT2D eigenvalue weighted by Gasteiger charge is 2.10. The first-order chi connectivity index (χ1) is 9.15. The molecule has 0 unspecified atom stereocenters. The maximum absolute atomic E-state index is 5.62. The summed E-state index contributed by atoms with van der Waals surface area (Å²) in [6, 6.07) is 14.9. The van der Waals surface area contributed by atoms with Crippen LogP contribution in [0.25, 0.3) is 0 Å². The molecule has 0 radical (unpaired) electrons. The number of hydrogen-bond donors (Lipinski definition) is 1. The predicted octanol–water partition coefficient (Wildman–Crippen LogP) is 3.07. The summed E-state index contributed by atoms with van der Waals surface area (Å²) in [6.45, 7) is 6.27. The van der Waals surface area contributed by atoms with Gasteiger partial charge >= 0.3 is 0 Å². The zero-order valence-corrected chi connectivity index (χ0v) is 11.6. The summed E-state index contributed by atoms with van der Waals surface area (Å²) in [5.41, 5.74) is 8.14. The van der Waals surface area contributed by atoms with Crippen molar-refractivity contribution < 1.29 is 0 Å². The van der Waals surface area contributed by atoms with Gasteiger partial charge in [-0.25, -0.2) is 4.98 Å². The van der Waals surface area contributed by atoms with Crippen molar-refractivity contribution >= 4 is 5.82 Å². The minimum absolute atomic E-state index is 0.484. The van der Waals surface area contributed by atoms with Gasteiger partial charge in [0.25, 0.3) is 0 Å². The van der Waals surface area contributed by atoms with Crippen molar-refractivity contribution in [3.8, 4) is 0 Å². The lowest BCUT2D eigenvalue weighted by Crippen LogP contribution is -2.29. The highest BCUT2D eigenvalue weighted by molar-refractivity contribution is 5.29. The average molecular weight is 255 g/mol. The van der Waals surface area contributed by atoms with E-state index in [9.17, 15) is 0 Å². The molecule has 0 atom stereocenters. The van der Waals surface area contributed by atoms with Gasteiger partial charge in [0.1, 0.15) is 5.82 Å². The number of rotatable bonds is 5. The molecular weight excluding hydrogens is 234 g/mol. The third kappa shape index (κ3) is 4.07. The molecule has 2 aromatic rings. The SMILES string of the molecule is CC(C)N(Cc1ccccc1)Cc1ccc(N)nc1. The molecular formula is C16H21N3. The average Bonchev–Trinajstić information content (AvgIpc) is 2.41. The third-order valence-corrected chi connectivity index (χ3v) is 3.19. The summed E-state index contributed by atoms with van der Waals surface area (Å²) in [4.78, 5) is 6.57. The van der Waals surface area contributed by atoms with Gasteiger partial charge in [0, 0.05) is 25.3 Å². The van der Waals surface area contributed by atoms with E-state index < -0.39 is 0 Å². The van der Waals surface area contributed by atoms with Gasteiger partial charge in [-0.15, -0.1) is 0 Å². The molecule has 0 saturated heterocycles. The van der Waals surface area contributed by atoms with E-state index in [0.29, 0.717) is 11.9 Å². The van der Waals surface area contributed by atoms with Crippen molar-refractivity contribution in [2.75, 3.05) is 5.73 Å². The number of benzene rings is 1. The van der Waals surface area contributed by atoms with Crippen LogP contribution < -0.4 is 5.73 Å². The first-order valence-corrected chi connectivity index (χ1v) is 6.63. The maximum atomic E-state index is 5.62. The Labute approximate surface area is 115 Å². The fourth-order valence-electron chi connectivity index (χ4n) is 2.00. The van der Waals surface area contributed by atoms with E-state index in [4.69, 9.17) is 5.73 Å². The molecule has 3 nitrogen and oxygen atoms in total. The van der Waals surface area contributed by atoms with Crippen LogP contribution in [0.4, 0.5) is 5.82 Å². The number of nitrogens with zero attached hydrogens (tertiary/aromatic N) is 2. The Hall–Kier alpha value is -1.87. The molecule has 1 heterocycles. The van der Waals surface area contributed by atoms with Crippen LogP contribution in [-0.4, -0.2) is 15.9 Å². The molecule has 2 N–H and O–H groups in total. The van der Waals surface area contributed by atoms with E-state index in [1.54, 1.807) is 0 Å². The van der Waals surface area contributed by atoms with Gasteiger partial charge in [-0.1, -0.05) is 36.4 Å². The number of anilines is 1. The predicted molar refractivity (Wildman–Crippen MR) is 79.5 cm³/mol. The molecule has 0 aliphatic heterocycles.